The largest absolute Gasteiger partial charge is 0.463 e. The lowest BCUT2D eigenvalue weighted by molar-refractivity contribution is -0.137. The number of nitrogens with one attached hydrogen (secondary N) is 1. The zero-order valence-electron chi connectivity index (χ0n) is 19.9. The zero-order valence-corrected chi connectivity index (χ0v) is 20.7. The van der Waals surface area contributed by atoms with Gasteiger partial charge in [-0.3, -0.25) is 14.3 Å². The maximum Gasteiger partial charge on any atom is 0.330 e. The maximum atomic E-state index is 12.7. The Bertz CT molecular complexity index is 1350. The van der Waals surface area contributed by atoms with E-state index in [1.807, 2.05) is 60.0 Å². The van der Waals surface area contributed by atoms with E-state index in [-0.39, 0.29) is 11.7 Å². The SMILES string of the molecule is CCOC(=O)/C=C/c1ccc(NC(=O)CSc2nnc(-c3ccncc3)n2-c2ccc(C)cc2)cc1. The van der Waals surface area contributed by atoms with E-state index >= 15 is 0 Å². The summed E-state index contributed by atoms with van der Waals surface area (Å²) in [5, 5.41) is 12.3. The molecule has 0 saturated heterocycles. The summed E-state index contributed by atoms with van der Waals surface area (Å²) in [5.41, 5.74) is 4.42. The molecule has 0 fully saturated rings. The molecule has 0 bridgehead atoms. The summed E-state index contributed by atoms with van der Waals surface area (Å²) in [6.07, 6.45) is 6.46. The van der Waals surface area contributed by atoms with E-state index < -0.39 is 5.97 Å². The number of anilines is 1. The molecule has 4 rings (SSSR count). The van der Waals surface area contributed by atoms with Crippen LogP contribution in [-0.4, -0.2) is 44.0 Å². The van der Waals surface area contributed by atoms with Crippen LogP contribution in [0.1, 0.15) is 18.1 Å². The molecule has 2 aromatic heterocycles. The second-order valence-corrected chi connectivity index (χ2v) is 8.70. The van der Waals surface area contributed by atoms with Gasteiger partial charge < -0.3 is 10.1 Å². The molecule has 2 aromatic carbocycles. The Morgan fingerprint density at radius 3 is 2.42 bits per heavy atom. The van der Waals surface area contributed by atoms with Crippen LogP contribution in [0.5, 0.6) is 0 Å². The standard InChI is InChI=1S/C27H25N5O3S/c1-3-35-25(34)13-8-20-6-9-22(10-7-20)29-24(33)18-36-27-31-30-26(21-14-16-28-17-15-21)32(27)23-11-4-19(2)5-12-23/h4-17H,3,18H2,1-2H3,(H,29,33)/b13-8+. The minimum atomic E-state index is -0.391. The molecule has 0 atom stereocenters. The van der Waals surface area contributed by atoms with Gasteiger partial charge in [-0.05, 0) is 61.9 Å². The predicted octanol–water partition coefficient (Wildman–Crippen LogP) is 4.94. The highest BCUT2D eigenvalue weighted by Crippen LogP contribution is 2.28. The number of ether oxygens (including phenoxy) is 1. The smallest absolute Gasteiger partial charge is 0.330 e. The molecule has 0 radical (unpaired) electrons. The number of hydrogen-bond acceptors (Lipinski definition) is 7. The summed E-state index contributed by atoms with van der Waals surface area (Å²) in [4.78, 5) is 28.2. The molecule has 0 aliphatic rings. The molecule has 0 aliphatic carbocycles. The topological polar surface area (TPSA) is 99.0 Å². The molecule has 4 aromatic rings. The van der Waals surface area contributed by atoms with Gasteiger partial charge >= 0.3 is 5.97 Å². The van der Waals surface area contributed by atoms with Crippen LogP contribution >= 0.6 is 11.8 Å². The summed E-state index contributed by atoms with van der Waals surface area (Å²) in [6.45, 7) is 4.12. The Morgan fingerprint density at radius 2 is 1.72 bits per heavy atom. The second kappa shape index (κ2) is 11.9. The van der Waals surface area contributed by atoms with Gasteiger partial charge in [0.15, 0.2) is 11.0 Å². The van der Waals surface area contributed by atoms with Crippen LogP contribution in [0, 0.1) is 6.92 Å². The lowest BCUT2D eigenvalue weighted by atomic mass is 10.2. The molecule has 0 saturated carbocycles. The van der Waals surface area contributed by atoms with E-state index in [4.69, 9.17) is 4.74 Å². The highest BCUT2D eigenvalue weighted by molar-refractivity contribution is 7.99. The van der Waals surface area contributed by atoms with E-state index in [0.29, 0.717) is 23.3 Å². The lowest BCUT2D eigenvalue weighted by Crippen LogP contribution is -2.14. The number of thioether (sulfide) groups is 1. The number of carbonyl (C=O) groups excluding carboxylic acids is 2. The van der Waals surface area contributed by atoms with Crippen molar-refractivity contribution in [2.75, 3.05) is 17.7 Å². The van der Waals surface area contributed by atoms with Crippen molar-refractivity contribution < 1.29 is 14.3 Å². The molecule has 0 aliphatic heterocycles. The third-order valence-corrected chi connectivity index (χ3v) is 6.02. The van der Waals surface area contributed by atoms with Crippen LogP contribution in [-0.2, 0) is 14.3 Å². The van der Waals surface area contributed by atoms with Crippen LogP contribution in [0.2, 0.25) is 0 Å². The van der Waals surface area contributed by atoms with Crippen molar-refractivity contribution in [3.8, 4) is 17.1 Å². The summed E-state index contributed by atoms with van der Waals surface area (Å²) in [5.74, 6) is 0.275. The van der Waals surface area contributed by atoms with Gasteiger partial charge in [0.2, 0.25) is 5.91 Å². The number of rotatable bonds is 9. The van der Waals surface area contributed by atoms with Gasteiger partial charge in [-0.2, -0.15) is 0 Å². The Kier molecular flexibility index (Phi) is 8.25. The molecule has 2 heterocycles. The van der Waals surface area contributed by atoms with Gasteiger partial charge in [0, 0.05) is 35.4 Å². The first-order chi connectivity index (χ1) is 17.5. The number of benzene rings is 2. The molecule has 0 spiro atoms. The van der Waals surface area contributed by atoms with Gasteiger partial charge in [0.1, 0.15) is 0 Å². The Hall–Kier alpha value is -4.24. The molecule has 1 amide bonds. The van der Waals surface area contributed by atoms with Crippen molar-refractivity contribution in [1.29, 1.82) is 0 Å². The maximum absolute atomic E-state index is 12.7. The van der Waals surface area contributed by atoms with Crippen LogP contribution in [0.3, 0.4) is 0 Å². The number of carbonyl (C=O) groups is 2. The van der Waals surface area contributed by atoms with Crippen molar-refractivity contribution in [2.24, 2.45) is 0 Å². The van der Waals surface area contributed by atoms with E-state index in [2.05, 4.69) is 20.5 Å². The van der Waals surface area contributed by atoms with Gasteiger partial charge in [-0.1, -0.05) is 41.6 Å². The molecule has 182 valence electrons. The first-order valence-electron chi connectivity index (χ1n) is 11.3. The fourth-order valence-corrected chi connectivity index (χ4v) is 4.09. The number of aromatic nitrogens is 4. The van der Waals surface area contributed by atoms with Crippen molar-refractivity contribution in [2.45, 2.75) is 19.0 Å². The summed E-state index contributed by atoms with van der Waals surface area (Å²) in [7, 11) is 0. The average molecular weight is 500 g/mol. The lowest BCUT2D eigenvalue weighted by Gasteiger charge is -2.11. The van der Waals surface area contributed by atoms with Crippen molar-refractivity contribution in [3.05, 3.63) is 90.3 Å². The molecule has 0 unspecified atom stereocenters. The first kappa shape index (κ1) is 24.9. The number of amides is 1. The van der Waals surface area contributed by atoms with E-state index in [0.717, 1.165) is 22.4 Å². The monoisotopic (exact) mass is 499 g/mol. The molecule has 8 nitrogen and oxygen atoms in total. The number of pyridine rings is 1. The zero-order chi connectivity index (χ0) is 25.3. The Labute approximate surface area is 213 Å². The van der Waals surface area contributed by atoms with Gasteiger partial charge in [-0.25, -0.2) is 4.79 Å². The Morgan fingerprint density at radius 1 is 1.00 bits per heavy atom. The predicted molar refractivity (Wildman–Crippen MR) is 141 cm³/mol. The number of esters is 1. The molecule has 9 heteroatoms. The minimum Gasteiger partial charge on any atom is -0.463 e. The van der Waals surface area contributed by atoms with E-state index in [1.54, 1.807) is 37.5 Å². The second-order valence-electron chi connectivity index (χ2n) is 7.76. The fourth-order valence-electron chi connectivity index (χ4n) is 3.34. The average Bonchev–Trinajstić information content (AvgIpc) is 3.32. The molecule has 36 heavy (non-hydrogen) atoms. The van der Waals surface area contributed by atoms with E-state index in [9.17, 15) is 9.59 Å². The van der Waals surface area contributed by atoms with Crippen molar-refractivity contribution in [3.63, 3.8) is 0 Å². The van der Waals surface area contributed by atoms with Crippen LogP contribution in [0.4, 0.5) is 5.69 Å². The van der Waals surface area contributed by atoms with Crippen LogP contribution in [0.15, 0.2) is 84.3 Å². The Balaban J connectivity index is 1.45. The van der Waals surface area contributed by atoms with Crippen LogP contribution < -0.4 is 5.32 Å². The van der Waals surface area contributed by atoms with E-state index in [1.165, 1.54) is 17.8 Å². The van der Waals surface area contributed by atoms with Crippen LogP contribution in [0.25, 0.3) is 23.2 Å². The van der Waals surface area contributed by atoms with Crippen molar-refractivity contribution >= 4 is 35.4 Å². The number of aryl methyl sites for hydroxylation is 1. The molecular weight excluding hydrogens is 474 g/mol. The summed E-state index contributed by atoms with van der Waals surface area (Å²) >= 11 is 1.31. The highest BCUT2D eigenvalue weighted by Gasteiger charge is 2.17. The first-order valence-corrected chi connectivity index (χ1v) is 12.3. The van der Waals surface area contributed by atoms with Crippen molar-refractivity contribution in [1.82, 2.24) is 19.7 Å². The highest BCUT2D eigenvalue weighted by atomic mass is 32.2. The minimum absolute atomic E-state index is 0.158. The fraction of sp³-hybridized carbons (Fsp3) is 0.148. The third kappa shape index (κ3) is 6.45. The quantitative estimate of drug-likeness (QED) is 0.198. The van der Waals surface area contributed by atoms with Gasteiger partial charge in [-0.15, -0.1) is 10.2 Å². The molecule has 1 N–H and O–H groups in total. The number of nitrogens with zero attached hydrogens (tertiary/aromatic N) is 4. The summed E-state index contributed by atoms with van der Waals surface area (Å²) < 4.78 is 6.81. The third-order valence-electron chi connectivity index (χ3n) is 5.09. The number of hydrogen-bond donors (Lipinski definition) is 1. The van der Waals surface area contributed by atoms with Gasteiger partial charge in [0.25, 0.3) is 0 Å². The van der Waals surface area contributed by atoms with Gasteiger partial charge in [0.05, 0.1) is 12.4 Å². The molecular formula is C27H25N5O3S. The normalized spacial score (nSPS) is 10.9. The summed E-state index contributed by atoms with van der Waals surface area (Å²) in [6, 6.07) is 19.0.